The van der Waals surface area contributed by atoms with Gasteiger partial charge >= 0.3 is 0 Å². The Kier molecular flexibility index (Phi) is 4.80. The van der Waals surface area contributed by atoms with Crippen LogP contribution in [0, 0.1) is 23.2 Å². The summed E-state index contributed by atoms with van der Waals surface area (Å²) in [5.74, 6) is 3.23. The van der Waals surface area contributed by atoms with E-state index in [1.165, 1.54) is 38.5 Å². The minimum Gasteiger partial charge on any atom is -0.444 e. The summed E-state index contributed by atoms with van der Waals surface area (Å²) in [6, 6.07) is 3.44. The van der Waals surface area contributed by atoms with Gasteiger partial charge in [-0.1, -0.05) is 0 Å². The average Bonchev–Trinajstić information content (AvgIpc) is 2.92. The lowest BCUT2D eigenvalue weighted by molar-refractivity contribution is -0.139. The number of amides is 2. The summed E-state index contributed by atoms with van der Waals surface area (Å²) in [6.07, 6.45) is 9.63. The molecule has 4 bridgehead atoms. The maximum Gasteiger partial charge on any atom is 0.289 e. The van der Waals surface area contributed by atoms with Crippen molar-refractivity contribution in [3.8, 4) is 0 Å². The molecule has 1 aromatic heterocycles. The molecular formula is C22H29BrN2O3. The van der Waals surface area contributed by atoms with E-state index in [1.807, 2.05) is 9.80 Å². The number of rotatable bonds is 3. The highest BCUT2D eigenvalue weighted by Gasteiger charge is 2.51. The van der Waals surface area contributed by atoms with Gasteiger partial charge in [-0.15, -0.1) is 0 Å². The van der Waals surface area contributed by atoms with Crippen LogP contribution in [0.5, 0.6) is 0 Å². The topological polar surface area (TPSA) is 53.8 Å². The number of nitrogens with zero attached hydrogens (tertiary/aromatic N) is 2. The maximum atomic E-state index is 13.2. The SMILES string of the molecule is O=C(CC12CC3CC(CC(C3)C1)C2)N1CCCN(C(=O)c2ccc(Br)o2)CC1. The Morgan fingerprint density at radius 3 is 2.18 bits per heavy atom. The second-order valence-corrected chi connectivity index (χ2v) is 10.5. The van der Waals surface area contributed by atoms with Crippen molar-refractivity contribution in [2.45, 2.75) is 51.4 Å². The number of carbonyl (C=O) groups is 2. The van der Waals surface area contributed by atoms with Crippen LogP contribution in [0.3, 0.4) is 0 Å². The molecular weight excluding hydrogens is 420 g/mol. The van der Waals surface area contributed by atoms with Crippen LogP contribution in [0.25, 0.3) is 0 Å². The van der Waals surface area contributed by atoms with E-state index in [-0.39, 0.29) is 11.3 Å². The van der Waals surface area contributed by atoms with Gasteiger partial charge < -0.3 is 14.2 Å². The number of hydrogen-bond acceptors (Lipinski definition) is 3. The zero-order valence-corrected chi connectivity index (χ0v) is 18.0. The van der Waals surface area contributed by atoms with Crippen LogP contribution in [-0.4, -0.2) is 47.8 Å². The molecule has 1 aromatic rings. The van der Waals surface area contributed by atoms with Crippen molar-refractivity contribution in [2.75, 3.05) is 26.2 Å². The van der Waals surface area contributed by atoms with Gasteiger partial charge in [0.1, 0.15) is 0 Å². The fraction of sp³-hybridized carbons (Fsp3) is 0.727. The van der Waals surface area contributed by atoms with Gasteiger partial charge in [0, 0.05) is 32.6 Å². The van der Waals surface area contributed by atoms with E-state index in [1.54, 1.807) is 12.1 Å². The lowest BCUT2D eigenvalue weighted by Crippen LogP contribution is -2.48. The third kappa shape index (κ3) is 3.53. The molecule has 152 valence electrons. The van der Waals surface area contributed by atoms with E-state index in [0.29, 0.717) is 36.0 Å². The highest BCUT2D eigenvalue weighted by Crippen LogP contribution is 2.61. The predicted octanol–water partition coefficient (Wildman–Crippen LogP) is 4.32. The molecule has 1 saturated heterocycles. The summed E-state index contributed by atoms with van der Waals surface area (Å²) < 4.78 is 5.99. The zero-order valence-electron chi connectivity index (χ0n) is 16.4. The van der Waals surface area contributed by atoms with E-state index >= 15 is 0 Å². The van der Waals surface area contributed by atoms with Crippen molar-refractivity contribution >= 4 is 27.7 Å². The van der Waals surface area contributed by atoms with Crippen LogP contribution in [-0.2, 0) is 4.79 Å². The lowest BCUT2D eigenvalue weighted by atomic mass is 9.49. The molecule has 2 amide bonds. The van der Waals surface area contributed by atoms with E-state index in [9.17, 15) is 9.59 Å². The number of hydrogen-bond donors (Lipinski definition) is 0. The highest BCUT2D eigenvalue weighted by molar-refractivity contribution is 9.10. The molecule has 5 fully saturated rings. The quantitative estimate of drug-likeness (QED) is 0.691. The fourth-order valence-corrected chi connectivity index (χ4v) is 7.20. The highest BCUT2D eigenvalue weighted by atomic mass is 79.9. The van der Waals surface area contributed by atoms with Crippen molar-refractivity contribution < 1.29 is 14.0 Å². The third-order valence-electron chi connectivity index (χ3n) is 7.61. The van der Waals surface area contributed by atoms with Crippen LogP contribution in [0.1, 0.15) is 61.9 Å². The molecule has 0 spiro atoms. The Hall–Kier alpha value is -1.30. The molecule has 6 rings (SSSR count). The van der Waals surface area contributed by atoms with Crippen molar-refractivity contribution in [3.63, 3.8) is 0 Å². The molecule has 4 aliphatic carbocycles. The van der Waals surface area contributed by atoms with Gasteiger partial charge in [0.05, 0.1) is 0 Å². The van der Waals surface area contributed by atoms with Crippen molar-refractivity contribution in [3.05, 3.63) is 22.6 Å². The first-order valence-electron chi connectivity index (χ1n) is 10.8. The van der Waals surface area contributed by atoms with Crippen LogP contribution < -0.4 is 0 Å². The van der Waals surface area contributed by atoms with Crippen LogP contribution in [0.15, 0.2) is 21.2 Å². The van der Waals surface area contributed by atoms with Gasteiger partial charge in [-0.25, -0.2) is 0 Å². The van der Waals surface area contributed by atoms with Crippen molar-refractivity contribution in [1.29, 1.82) is 0 Å². The van der Waals surface area contributed by atoms with Gasteiger partial charge in [0.15, 0.2) is 10.4 Å². The second kappa shape index (κ2) is 7.19. The summed E-state index contributed by atoms with van der Waals surface area (Å²) in [4.78, 5) is 29.7. The Labute approximate surface area is 174 Å². The largest absolute Gasteiger partial charge is 0.444 e. The maximum absolute atomic E-state index is 13.2. The van der Waals surface area contributed by atoms with Crippen molar-refractivity contribution in [2.24, 2.45) is 23.2 Å². The molecule has 5 aliphatic rings. The second-order valence-electron chi connectivity index (χ2n) is 9.72. The lowest BCUT2D eigenvalue weighted by Gasteiger charge is -2.57. The average molecular weight is 449 g/mol. The first-order valence-corrected chi connectivity index (χ1v) is 11.6. The van der Waals surface area contributed by atoms with Gasteiger partial charge in [0.2, 0.25) is 5.91 Å². The summed E-state index contributed by atoms with van der Waals surface area (Å²) >= 11 is 3.25. The Bertz CT molecular complexity index is 738. The molecule has 6 heteroatoms. The molecule has 4 saturated carbocycles. The first-order chi connectivity index (χ1) is 13.5. The van der Waals surface area contributed by atoms with Crippen molar-refractivity contribution in [1.82, 2.24) is 9.80 Å². The molecule has 0 atom stereocenters. The van der Waals surface area contributed by atoms with Gasteiger partial charge in [-0.3, -0.25) is 9.59 Å². The normalized spacial score (nSPS) is 34.5. The molecule has 0 unspecified atom stereocenters. The van der Waals surface area contributed by atoms with E-state index in [4.69, 9.17) is 4.42 Å². The van der Waals surface area contributed by atoms with E-state index in [2.05, 4.69) is 15.9 Å². The summed E-state index contributed by atoms with van der Waals surface area (Å²) in [5.41, 5.74) is 0.286. The van der Waals surface area contributed by atoms with Crippen LogP contribution >= 0.6 is 15.9 Å². The van der Waals surface area contributed by atoms with Gasteiger partial charge in [0.25, 0.3) is 5.91 Å². The van der Waals surface area contributed by atoms with Crippen LogP contribution in [0.4, 0.5) is 0 Å². The molecule has 5 nitrogen and oxygen atoms in total. The Morgan fingerprint density at radius 1 is 0.964 bits per heavy atom. The standard InChI is InChI=1S/C22H29BrN2O3/c23-19-3-2-18(28-19)21(27)25-5-1-4-24(6-7-25)20(26)14-22-11-15-8-16(12-22)10-17(9-15)13-22/h2-3,15-17H,1,4-14H2. The third-order valence-corrected chi connectivity index (χ3v) is 8.04. The number of carbonyl (C=O) groups excluding carboxylic acids is 2. The number of halogens is 1. The molecule has 2 heterocycles. The summed E-state index contributed by atoms with van der Waals surface area (Å²) in [5, 5.41) is 0. The summed E-state index contributed by atoms with van der Waals surface area (Å²) in [7, 11) is 0. The minimum absolute atomic E-state index is 0.0823. The Balaban J connectivity index is 1.20. The predicted molar refractivity (Wildman–Crippen MR) is 109 cm³/mol. The smallest absolute Gasteiger partial charge is 0.289 e. The minimum atomic E-state index is -0.0823. The zero-order chi connectivity index (χ0) is 19.3. The van der Waals surface area contributed by atoms with Gasteiger partial charge in [-0.05, 0) is 96.2 Å². The van der Waals surface area contributed by atoms with Gasteiger partial charge in [-0.2, -0.15) is 0 Å². The molecule has 0 radical (unpaired) electrons. The van der Waals surface area contributed by atoms with Crippen LogP contribution in [0.2, 0.25) is 0 Å². The molecule has 0 aromatic carbocycles. The molecule has 0 N–H and O–H groups in total. The Morgan fingerprint density at radius 2 is 1.57 bits per heavy atom. The fourth-order valence-electron chi connectivity index (χ4n) is 6.89. The summed E-state index contributed by atoms with van der Waals surface area (Å²) in [6.45, 7) is 2.66. The van der Waals surface area contributed by atoms with E-state index in [0.717, 1.165) is 37.1 Å². The molecule has 28 heavy (non-hydrogen) atoms. The molecule has 1 aliphatic heterocycles. The number of furan rings is 1. The monoisotopic (exact) mass is 448 g/mol. The first kappa shape index (κ1) is 18.7. The van der Waals surface area contributed by atoms with E-state index < -0.39 is 0 Å².